The largest absolute Gasteiger partial charge is 0.479 e. The Morgan fingerprint density at radius 3 is 2.91 bits per heavy atom. The van der Waals surface area contributed by atoms with Gasteiger partial charge in [0.15, 0.2) is 10.9 Å². The van der Waals surface area contributed by atoms with Gasteiger partial charge in [-0.05, 0) is 19.1 Å². The van der Waals surface area contributed by atoms with Gasteiger partial charge in [0.25, 0.3) is 5.91 Å². The van der Waals surface area contributed by atoms with Crippen molar-refractivity contribution in [2.45, 2.75) is 19.4 Å². The van der Waals surface area contributed by atoms with Gasteiger partial charge in [0.1, 0.15) is 5.75 Å². The summed E-state index contributed by atoms with van der Waals surface area (Å²) in [6.45, 7) is 2.00. The van der Waals surface area contributed by atoms with E-state index >= 15 is 0 Å². The van der Waals surface area contributed by atoms with Crippen LogP contribution in [-0.4, -0.2) is 29.0 Å². The van der Waals surface area contributed by atoms with Crippen molar-refractivity contribution in [1.82, 2.24) is 4.57 Å². The lowest BCUT2D eigenvalue weighted by atomic mass is 10.1. The fourth-order valence-electron chi connectivity index (χ4n) is 2.39. The molecule has 0 saturated carbocycles. The molecule has 2 aromatic rings. The van der Waals surface area contributed by atoms with E-state index in [1.165, 1.54) is 11.3 Å². The Hall–Kier alpha value is -2.41. The summed E-state index contributed by atoms with van der Waals surface area (Å²) < 4.78 is 7.37. The number of aryl methyl sites for hydroxylation is 1. The average molecular weight is 331 g/mol. The molecule has 23 heavy (non-hydrogen) atoms. The molecule has 1 unspecified atom stereocenters. The number of anilines is 1. The van der Waals surface area contributed by atoms with E-state index < -0.39 is 6.10 Å². The monoisotopic (exact) mass is 331 g/mol. The van der Waals surface area contributed by atoms with Crippen LogP contribution in [0.25, 0.3) is 0 Å². The van der Waals surface area contributed by atoms with E-state index in [1.807, 2.05) is 42.9 Å². The molecule has 0 radical (unpaired) electrons. The summed E-state index contributed by atoms with van der Waals surface area (Å²) in [4.78, 5) is 30.7. The van der Waals surface area contributed by atoms with Gasteiger partial charge in [-0.1, -0.05) is 12.1 Å². The molecule has 3 rings (SSSR count). The number of ether oxygens (including phenoxy) is 1. The number of hydrogen-bond acceptors (Lipinski definition) is 4. The summed E-state index contributed by atoms with van der Waals surface area (Å²) in [5.41, 5.74) is 0.699. The number of amides is 2. The lowest BCUT2D eigenvalue weighted by molar-refractivity contribution is -0.125. The van der Waals surface area contributed by atoms with Gasteiger partial charge in [-0.15, -0.1) is 11.3 Å². The number of para-hydroxylation sites is 2. The number of rotatable bonds is 3. The van der Waals surface area contributed by atoms with E-state index in [0.29, 0.717) is 22.8 Å². The number of benzene rings is 1. The first-order chi connectivity index (χ1) is 11.1. The molecular formula is C16H17N3O3S. The maximum atomic E-state index is 12.3. The Bertz CT molecular complexity index is 809. The van der Waals surface area contributed by atoms with Crippen molar-refractivity contribution >= 4 is 28.8 Å². The molecule has 120 valence electrons. The second-order valence-electron chi connectivity index (χ2n) is 5.27. The van der Waals surface area contributed by atoms with Crippen molar-refractivity contribution < 1.29 is 14.3 Å². The first-order valence-corrected chi connectivity index (χ1v) is 8.19. The minimum absolute atomic E-state index is 0.141. The van der Waals surface area contributed by atoms with Gasteiger partial charge in [0.2, 0.25) is 5.91 Å². The van der Waals surface area contributed by atoms with Crippen LogP contribution in [0.4, 0.5) is 5.69 Å². The van der Waals surface area contributed by atoms with E-state index in [4.69, 9.17) is 4.74 Å². The molecule has 2 amide bonds. The summed E-state index contributed by atoms with van der Waals surface area (Å²) in [6.07, 6.45) is 1.47. The fourth-order valence-corrected chi connectivity index (χ4v) is 3.14. The maximum absolute atomic E-state index is 12.3. The average Bonchev–Trinajstić information content (AvgIpc) is 2.93. The zero-order valence-corrected chi connectivity index (χ0v) is 13.7. The first-order valence-electron chi connectivity index (χ1n) is 7.31. The lowest BCUT2D eigenvalue weighted by Crippen LogP contribution is -2.45. The summed E-state index contributed by atoms with van der Waals surface area (Å²) in [6, 6.07) is 7.34. The second kappa shape index (κ2) is 6.37. The summed E-state index contributed by atoms with van der Waals surface area (Å²) in [7, 11) is 1.84. The molecule has 0 saturated heterocycles. The number of nitrogens with zero attached hydrogens (tertiary/aromatic N) is 3. The van der Waals surface area contributed by atoms with Gasteiger partial charge in [-0.3, -0.25) is 9.59 Å². The summed E-state index contributed by atoms with van der Waals surface area (Å²) >= 11 is 1.40. The highest BCUT2D eigenvalue weighted by molar-refractivity contribution is 7.07. The van der Waals surface area contributed by atoms with Gasteiger partial charge < -0.3 is 14.2 Å². The molecule has 1 aromatic heterocycles. The molecule has 0 fully saturated rings. The van der Waals surface area contributed by atoms with Crippen molar-refractivity contribution in [2.24, 2.45) is 12.0 Å². The predicted molar refractivity (Wildman–Crippen MR) is 87.4 cm³/mol. The molecule has 1 aromatic carbocycles. The van der Waals surface area contributed by atoms with Crippen LogP contribution in [0.5, 0.6) is 5.75 Å². The SMILES string of the molecule is CC1Oc2ccccc2N(CCC(=O)N=c2sccn2C)C1=O. The van der Waals surface area contributed by atoms with Gasteiger partial charge in [0, 0.05) is 31.6 Å². The van der Waals surface area contributed by atoms with Crippen LogP contribution in [0.3, 0.4) is 0 Å². The molecule has 0 spiro atoms. The zero-order valence-electron chi connectivity index (χ0n) is 12.9. The van der Waals surface area contributed by atoms with Crippen LogP contribution < -0.4 is 14.4 Å². The van der Waals surface area contributed by atoms with Crippen molar-refractivity contribution in [3.8, 4) is 5.75 Å². The Kier molecular flexibility index (Phi) is 4.29. The summed E-state index contributed by atoms with van der Waals surface area (Å²) in [5, 5.41) is 1.87. The smallest absolute Gasteiger partial charge is 0.267 e. The molecule has 2 heterocycles. The molecule has 0 aliphatic carbocycles. The van der Waals surface area contributed by atoms with Crippen LogP contribution in [0, 0.1) is 0 Å². The minimum Gasteiger partial charge on any atom is -0.479 e. The highest BCUT2D eigenvalue weighted by Gasteiger charge is 2.31. The van der Waals surface area contributed by atoms with Crippen molar-refractivity contribution in [3.63, 3.8) is 0 Å². The lowest BCUT2D eigenvalue weighted by Gasteiger charge is -2.32. The second-order valence-corrected chi connectivity index (χ2v) is 6.14. The Balaban J connectivity index is 1.76. The maximum Gasteiger partial charge on any atom is 0.267 e. The minimum atomic E-state index is -0.549. The Morgan fingerprint density at radius 2 is 2.17 bits per heavy atom. The highest BCUT2D eigenvalue weighted by atomic mass is 32.1. The standard InChI is InChI=1S/C16H17N3O3S/c1-11-15(21)19(12-5-3-4-6-13(12)22-11)8-7-14(20)17-16-18(2)9-10-23-16/h3-6,9-11H,7-8H2,1-2H3. The normalized spacial score (nSPS) is 17.8. The van der Waals surface area contributed by atoms with Crippen LogP contribution in [0.15, 0.2) is 40.8 Å². The Labute approximate surface area is 137 Å². The fraction of sp³-hybridized carbons (Fsp3) is 0.312. The Morgan fingerprint density at radius 1 is 1.39 bits per heavy atom. The van der Waals surface area contributed by atoms with E-state index in [1.54, 1.807) is 16.4 Å². The van der Waals surface area contributed by atoms with Crippen LogP contribution >= 0.6 is 11.3 Å². The van der Waals surface area contributed by atoms with Gasteiger partial charge >= 0.3 is 0 Å². The molecule has 0 bridgehead atoms. The van der Waals surface area contributed by atoms with Crippen molar-refractivity contribution in [2.75, 3.05) is 11.4 Å². The number of thiazole rings is 1. The van der Waals surface area contributed by atoms with Crippen molar-refractivity contribution in [3.05, 3.63) is 40.6 Å². The predicted octanol–water partition coefficient (Wildman–Crippen LogP) is 1.72. The molecule has 1 atom stereocenters. The van der Waals surface area contributed by atoms with E-state index in [2.05, 4.69) is 4.99 Å². The van der Waals surface area contributed by atoms with Crippen LogP contribution in [0.1, 0.15) is 13.3 Å². The highest BCUT2D eigenvalue weighted by Crippen LogP contribution is 2.33. The number of carbonyl (C=O) groups excluding carboxylic acids is 2. The third kappa shape index (κ3) is 3.19. The number of hydrogen-bond donors (Lipinski definition) is 0. The van der Waals surface area contributed by atoms with Gasteiger partial charge in [-0.25, -0.2) is 0 Å². The van der Waals surface area contributed by atoms with E-state index in [-0.39, 0.29) is 18.2 Å². The topological polar surface area (TPSA) is 63.9 Å². The van der Waals surface area contributed by atoms with Crippen molar-refractivity contribution in [1.29, 1.82) is 0 Å². The van der Waals surface area contributed by atoms with E-state index in [0.717, 1.165) is 0 Å². The third-order valence-corrected chi connectivity index (χ3v) is 4.45. The van der Waals surface area contributed by atoms with Gasteiger partial charge in [-0.2, -0.15) is 4.99 Å². The number of fused-ring (bicyclic) bond motifs is 1. The van der Waals surface area contributed by atoms with E-state index in [9.17, 15) is 9.59 Å². The zero-order chi connectivity index (χ0) is 16.4. The summed E-state index contributed by atoms with van der Waals surface area (Å²) in [5.74, 6) is 0.277. The first kappa shape index (κ1) is 15.5. The number of carbonyl (C=O) groups is 2. The molecule has 0 N–H and O–H groups in total. The molecule has 6 nitrogen and oxygen atoms in total. The third-order valence-electron chi connectivity index (χ3n) is 3.60. The quantitative estimate of drug-likeness (QED) is 0.860. The van der Waals surface area contributed by atoms with Crippen LogP contribution in [-0.2, 0) is 16.6 Å². The van der Waals surface area contributed by atoms with Gasteiger partial charge in [0.05, 0.1) is 5.69 Å². The molecule has 1 aliphatic rings. The number of aromatic nitrogens is 1. The van der Waals surface area contributed by atoms with Crippen LogP contribution in [0.2, 0.25) is 0 Å². The molecule has 7 heteroatoms. The molecule has 1 aliphatic heterocycles. The molecular weight excluding hydrogens is 314 g/mol.